The second kappa shape index (κ2) is 6.95. The van der Waals surface area contributed by atoms with Gasteiger partial charge in [0.1, 0.15) is 11.6 Å². The van der Waals surface area contributed by atoms with Crippen molar-refractivity contribution in [3.63, 3.8) is 0 Å². The van der Waals surface area contributed by atoms with Crippen LogP contribution in [0.25, 0.3) is 0 Å². The van der Waals surface area contributed by atoms with E-state index in [-0.39, 0.29) is 12.5 Å². The zero-order chi connectivity index (χ0) is 14.5. The molecule has 0 spiro atoms. The molecule has 0 bridgehead atoms. The van der Waals surface area contributed by atoms with Gasteiger partial charge in [-0.25, -0.2) is 8.78 Å². The van der Waals surface area contributed by atoms with Gasteiger partial charge < -0.3 is 5.11 Å². The van der Waals surface area contributed by atoms with Crippen LogP contribution in [0.15, 0.2) is 46.9 Å². The molecule has 20 heavy (non-hydrogen) atoms. The molecule has 0 amide bonds. The van der Waals surface area contributed by atoms with E-state index in [0.29, 0.717) is 18.4 Å². The van der Waals surface area contributed by atoms with Crippen molar-refractivity contribution in [3.05, 3.63) is 69.7 Å². The second-order valence-corrected chi connectivity index (χ2v) is 5.74. The van der Waals surface area contributed by atoms with Crippen LogP contribution in [0.1, 0.15) is 11.1 Å². The molecular formula is C16H15BrF2O. The summed E-state index contributed by atoms with van der Waals surface area (Å²) in [6.45, 7) is -0.0670. The molecule has 0 radical (unpaired) electrons. The molecule has 0 heterocycles. The van der Waals surface area contributed by atoms with Crippen LogP contribution < -0.4 is 0 Å². The van der Waals surface area contributed by atoms with Gasteiger partial charge in [-0.3, -0.25) is 0 Å². The van der Waals surface area contributed by atoms with Gasteiger partial charge in [-0.05, 0) is 60.2 Å². The van der Waals surface area contributed by atoms with E-state index >= 15 is 0 Å². The molecule has 2 aromatic carbocycles. The first-order chi connectivity index (χ1) is 9.58. The molecule has 0 aliphatic heterocycles. The van der Waals surface area contributed by atoms with Gasteiger partial charge in [0.25, 0.3) is 0 Å². The zero-order valence-corrected chi connectivity index (χ0v) is 12.4. The number of rotatable bonds is 5. The molecule has 0 aliphatic carbocycles. The summed E-state index contributed by atoms with van der Waals surface area (Å²) in [5.74, 6) is -1.03. The molecule has 0 aliphatic rings. The third-order valence-electron chi connectivity index (χ3n) is 3.19. The highest BCUT2D eigenvalue weighted by atomic mass is 79.9. The Morgan fingerprint density at radius 1 is 1.05 bits per heavy atom. The van der Waals surface area contributed by atoms with Gasteiger partial charge in [0.05, 0.1) is 0 Å². The summed E-state index contributed by atoms with van der Waals surface area (Å²) >= 11 is 3.39. The summed E-state index contributed by atoms with van der Waals surface area (Å²) in [5, 5.41) is 9.45. The summed E-state index contributed by atoms with van der Waals surface area (Å²) in [4.78, 5) is 0. The third-order valence-corrected chi connectivity index (χ3v) is 3.68. The van der Waals surface area contributed by atoms with Crippen molar-refractivity contribution in [3.8, 4) is 0 Å². The monoisotopic (exact) mass is 340 g/mol. The van der Waals surface area contributed by atoms with E-state index in [4.69, 9.17) is 0 Å². The maximum absolute atomic E-state index is 13.6. The number of halogens is 3. The van der Waals surface area contributed by atoms with Gasteiger partial charge in [-0.1, -0.05) is 28.1 Å². The topological polar surface area (TPSA) is 20.2 Å². The van der Waals surface area contributed by atoms with Gasteiger partial charge in [-0.2, -0.15) is 0 Å². The Kier molecular flexibility index (Phi) is 5.26. The predicted octanol–water partition coefficient (Wildman–Crippen LogP) is 4.12. The highest BCUT2D eigenvalue weighted by molar-refractivity contribution is 9.10. The average Bonchev–Trinajstić information content (AvgIpc) is 2.42. The SMILES string of the molecule is OCC(Cc1cccc(Br)c1)Cc1cc(F)ccc1F. The Hall–Kier alpha value is -1.26. The molecule has 2 rings (SSSR count). The fraction of sp³-hybridized carbons (Fsp3) is 0.250. The van der Waals surface area contributed by atoms with Crippen LogP contribution in [0.4, 0.5) is 8.78 Å². The first-order valence-corrected chi connectivity index (χ1v) is 7.17. The molecule has 0 aromatic heterocycles. The molecule has 106 valence electrons. The number of hydrogen-bond acceptors (Lipinski definition) is 1. The number of benzene rings is 2. The van der Waals surface area contributed by atoms with Crippen LogP contribution in [0.3, 0.4) is 0 Å². The predicted molar refractivity (Wildman–Crippen MR) is 78.5 cm³/mol. The standard InChI is InChI=1S/C16H15BrF2O/c17-14-3-1-2-11(8-14)6-12(10-20)7-13-9-15(18)4-5-16(13)19/h1-5,8-9,12,20H,6-7,10H2. The Balaban J connectivity index is 2.11. The van der Waals surface area contributed by atoms with E-state index in [0.717, 1.165) is 22.2 Å². The van der Waals surface area contributed by atoms with Crippen molar-refractivity contribution in [2.75, 3.05) is 6.61 Å². The van der Waals surface area contributed by atoms with Crippen molar-refractivity contribution in [1.82, 2.24) is 0 Å². The van der Waals surface area contributed by atoms with Crippen LogP contribution in [0, 0.1) is 17.6 Å². The quantitative estimate of drug-likeness (QED) is 0.867. The Labute approximate surface area is 125 Å². The molecular weight excluding hydrogens is 326 g/mol. The minimum atomic E-state index is -0.458. The zero-order valence-electron chi connectivity index (χ0n) is 10.8. The summed E-state index contributed by atoms with van der Waals surface area (Å²) in [6, 6.07) is 11.2. The van der Waals surface area contributed by atoms with Gasteiger partial charge >= 0.3 is 0 Å². The van der Waals surface area contributed by atoms with Crippen molar-refractivity contribution in [2.24, 2.45) is 5.92 Å². The van der Waals surface area contributed by atoms with Gasteiger partial charge in [-0.15, -0.1) is 0 Å². The lowest BCUT2D eigenvalue weighted by Crippen LogP contribution is -2.14. The van der Waals surface area contributed by atoms with Crippen LogP contribution in [-0.4, -0.2) is 11.7 Å². The Morgan fingerprint density at radius 2 is 1.85 bits per heavy atom. The fourth-order valence-corrected chi connectivity index (χ4v) is 2.66. The Morgan fingerprint density at radius 3 is 2.55 bits per heavy atom. The van der Waals surface area contributed by atoms with Gasteiger partial charge in [0.15, 0.2) is 0 Å². The van der Waals surface area contributed by atoms with Crippen molar-refractivity contribution >= 4 is 15.9 Å². The number of aliphatic hydroxyl groups excluding tert-OH is 1. The molecule has 1 unspecified atom stereocenters. The average molecular weight is 341 g/mol. The van der Waals surface area contributed by atoms with Crippen LogP contribution in [0.2, 0.25) is 0 Å². The maximum Gasteiger partial charge on any atom is 0.126 e. The molecule has 0 saturated carbocycles. The summed E-state index contributed by atoms with van der Waals surface area (Å²) < 4.78 is 27.7. The number of aliphatic hydroxyl groups is 1. The second-order valence-electron chi connectivity index (χ2n) is 4.82. The van der Waals surface area contributed by atoms with E-state index in [1.807, 2.05) is 24.3 Å². The lowest BCUT2D eigenvalue weighted by Gasteiger charge is -2.15. The Bertz CT molecular complexity index is 586. The van der Waals surface area contributed by atoms with Gasteiger partial charge in [0, 0.05) is 11.1 Å². The highest BCUT2D eigenvalue weighted by Crippen LogP contribution is 2.20. The first-order valence-electron chi connectivity index (χ1n) is 6.37. The molecule has 0 saturated heterocycles. The minimum Gasteiger partial charge on any atom is -0.396 e. The first kappa shape index (κ1) is 15.1. The normalized spacial score (nSPS) is 12.4. The largest absolute Gasteiger partial charge is 0.396 e. The smallest absolute Gasteiger partial charge is 0.126 e. The molecule has 4 heteroatoms. The minimum absolute atomic E-state index is 0.0670. The molecule has 0 fully saturated rings. The third kappa shape index (κ3) is 4.12. The maximum atomic E-state index is 13.6. The van der Waals surface area contributed by atoms with Crippen molar-refractivity contribution in [2.45, 2.75) is 12.8 Å². The molecule has 1 atom stereocenters. The molecule has 1 N–H and O–H groups in total. The lowest BCUT2D eigenvalue weighted by molar-refractivity contribution is 0.224. The molecule has 2 aromatic rings. The van der Waals surface area contributed by atoms with E-state index in [2.05, 4.69) is 15.9 Å². The summed E-state index contributed by atoms with van der Waals surface area (Å²) in [6.07, 6.45) is 0.929. The van der Waals surface area contributed by atoms with E-state index in [1.165, 1.54) is 6.07 Å². The van der Waals surface area contributed by atoms with E-state index in [1.54, 1.807) is 0 Å². The summed E-state index contributed by atoms with van der Waals surface area (Å²) in [5.41, 5.74) is 1.36. The van der Waals surface area contributed by atoms with Gasteiger partial charge in [0.2, 0.25) is 0 Å². The van der Waals surface area contributed by atoms with E-state index < -0.39 is 11.6 Å². The lowest BCUT2D eigenvalue weighted by atomic mass is 9.93. The van der Waals surface area contributed by atoms with Crippen molar-refractivity contribution in [1.29, 1.82) is 0 Å². The summed E-state index contributed by atoms with van der Waals surface area (Å²) in [7, 11) is 0. The van der Waals surface area contributed by atoms with Crippen molar-refractivity contribution < 1.29 is 13.9 Å². The highest BCUT2D eigenvalue weighted by Gasteiger charge is 2.13. The van der Waals surface area contributed by atoms with E-state index in [9.17, 15) is 13.9 Å². The van der Waals surface area contributed by atoms with Crippen LogP contribution >= 0.6 is 15.9 Å². The molecule has 1 nitrogen and oxygen atoms in total. The number of hydrogen-bond donors (Lipinski definition) is 1. The fourth-order valence-electron chi connectivity index (χ4n) is 2.21. The van der Waals surface area contributed by atoms with Crippen LogP contribution in [0.5, 0.6) is 0 Å². The van der Waals surface area contributed by atoms with Crippen LogP contribution in [-0.2, 0) is 12.8 Å².